The van der Waals surface area contributed by atoms with E-state index in [1.165, 1.54) is 6.42 Å². The van der Waals surface area contributed by atoms with Gasteiger partial charge in [0.15, 0.2) is 0 Å². The Balaban J connectivity index is 1.42. The van der Waals surface area contributed by atoms with Crippen molar-refractivity contribution in [3.05, 3.63) is 29.3 Å². The third-order valence-corrected chi connectivity index (χ3v) is 9.71. The molecule has 1 aliphatic heterocycles. The summed E-state index contributed by atoms with van der Waals surface area (Å²) in [5.41, 5.74) is 0.419. The molecule has 1 saturated heterocycles. The number of ether oxygens (including phenoxy) is 2. The van der Waals surface area contributed by atoms with E-state index in [-0.39, 0.29) is 28.9 Å². The van der Waals surface area contributed by atoms with Gasteiger partial charge in [-0.05, 0) is 88.7 Å². The molecule has 0 aromatic heterocycles. The van der Waals surface area contributed by atoms with E-state index in [2.05, 4.69) is 26.1 Å². The van der Waals surface area contributed by atoms with Gasteiger partial charge in [0.25, 0.3) is 0 Å². The van der Waals surface area contributed by atoms with Gasteiger partial charge in [-0.3, -0.25) is 4.79 Å². The molecule has 1 N–H and O–H groups in total. The van der Waals surface area contributed by atoms with Crippen molar-refractivity contribution in [2.75, 3.05) is 7.11 Å². The van der Waals surface area contributed by atoms with Crippen molar-refractivity contribution < 1.29 is 28.4 Å². The van der Waals surface area contributed by atoms with Gasteiger partial charge in [0.05, 0.1) is 24.8 Å². The van der Waals surface area contributed by atoms with Crippen molar-refractivity contribution in [1.29, 1.82) is 0 Å². The van der Waals surface area contributed by atoms with E-state index in [9.17, 15) is 9.59 Å². The standard InChI is InChI=1S/C30H44BNO6/c1-28(2,3)36-27(34)21-14-10-13-19(25(21)35-7)15-24(32-26(33)18-11-8-9-12-18)31-37-23-17-20-16-22(29(20,4)5)30(23,6)38-31/h10,13-14,18,20,22-24H,8-9,11-12,15-17H2,1-7H3,(H,32,33). The summed E-state index contributed by atoms with van der Waals surface area (Å²) < 4.78 is 24.8. The average molecular weight is 525 g/mol. The van der Waals surface area contributed by atoms with Gasteiger partial charge in [-0.2, -0.15) is 0 Å². The molecule has 1 aromatic rings. The maximum Gasteiger partial charge on any atom is 0.482 e. The minimum absolute atomic E-state index is 0.0187. The second kappa shape index (κ2) is 9.85. The van der Waals surface area contributed by atoms with E-state index in [0.29, 0.717) is 29.6 Å². The fourth-order valence-corrected chi connectivity index (χ4v) is 7.49. The first-order chi connectivity index (χ1) is 17.8. The molecule has 8 heteroatoms. The SMILES string of the molecule is COc1c(CC(NC(=O)C2CCCC2)B2OC3CC4CC(C4(C)C)C3(C)O2)cccc1C(=O)OC(C)(C)C. The van der Waals surface area contributed by atoms with Crippen molar-refractivity contribution in [3.63, 3.8) is 0 Å². The van der Waals surface area contributed by atoms with Gasteiger partial charge in [0, 0.05) is 5.92 Å². The molecule has 7 nitrogen and oxygen atoms in total. The number of rotatable bonds is 7. The normalized spacial score (nSPS) is 30.8. The highest BCUT2D eigenvalue weighted by atomic mass is 16.7. The van der Waals surface area contributed by atoms with Crippen LogP contribution in [0.25, 0.3) is 0 Å². The van der Waals surface area contributed by atoms with Crippen LogP contribution in [0.2, 0.25) is 0 Å². The van der Waals surface area contributed by atoms with Crippen LogP contribution in [-0.2, 0) is 25.3 Å². The Labute approximate surface area is 227 Å². The molecule has 4 saturated carbocycles. The summed E-state index contributed by atoms with van der Waals surface area (Å²) in [5, 5.41) is 3.30. The van der Waals surface area contributed by atoms with Crippen molar-refractivity contribution in [2.45, 2.75) is 110 Å². The number of hydrogen-bond donors (Lipinski definition) is 1. The van der Waals surface area contributed by atoms with Gasteiger partial charge in [0.2, 0.25) is 5.91 Å². The van der Waals surface area contributed by atoms with Crippen molar-refractivity contribution in [3.8, 4) is 5.75 Å². The third-order valence-electron chi connectivity index (χ3n) is 9.71. The van der Waals surface area contributed by atoms with E-state index >= 15 is 0 Å². The number of nitrogens with one attached hydrogen (secondary N) is 1. The predicted molar refractivity (Wildman–Crippen MR) is 146 cm³/mol. The Morgan fingerprint density at radius 2 is 1.87 bits per heavy atom. The first-order valence-electron chi connectivity index (χ1n) is 14.4. The van der Waals surface area contributed by atoms with Crippen LogP contribution in [0.4, 0.5) is 0 Å². The zero-order valence-corrected chi connectivity index (χ0v) is 24.1. The summed E-state index contributed by atoms with van der Waals surface area (Å²) >= 11 is 0. The minimum atomic E-state index is -0.623. The zero-order valence-electron chi connectivity index (χ0n) is 24.1. The summed E-state index contributed by atoms with van der Waals surface area (Å²) in [5.74, 6) is 0.785. The molecule has 1 aromatic carbocycles. The van der Waals surface area contributed by atoms with Crippen LogP contribution in [0.1, 0.15) is 96.0 Å². The van der Waals surface area contributed by atoms with Crippen LogP contribution >= 0.6 is 0 Å². The summed E-state index contributed by atoms with van der Waals surface area (Å²) in [6.07, 6.45) is 6.60. The van der Waals surface area contributed by atoms with Crippen LogP contribution in [0.3, 0.4) is 0 Å². The average Bonchev–Trinajstić information content (AvgIpc) is 3.49. The highest BCUT2D eigenvalue weighted by Crippen LogP contribution is 2.65. The van der Waals surface area contributed by atoms with Gasteiger partial charge in [0.1, 0.15) is 16.9 Å². The smallest absolute Gasteiger partial charge is 0.482 e. The fraction of sp³-hybridized carbons (Fsp3) is 0.733. The van der Waals surface area contributed by atoms with Crippen LogP contribution in [-0.4, -0.2) is 49.4 Å². The topological polar surface area (TPSA) is 83.1 Å². The lowest BCUT2D eigenvalue weighted by molar-refractivity contribution is -0.199. The summed E-state index contributed by atoms with van der Waals surface area (Å²) in [4.78, 5) is 26.3. The van der Waals surface area contributed by atoms with E-state index < -0.39 is 24.6 Å². The fourth-order valence-electron chi connectivity index (χ4n) is 7.49. The molecular weight excluding hydrogens is 481 g/mol. The molecule has 1 heterocycles. The molecule has 0 radical (unpaired) electrons. The monoisotopic (exact) mass is 525 g/mol. The van der Waals surface area contributed by atoms with E-state index in [1.807, 2.05) is 32.9 Å². The maximum absolute atomic E-state index is 13.3. The van der Waals surface area contributed by atoms with Crippen LogP contribution in [0.15, 0.2) is 18.2 Å². The summed E-state index contributed by atoms with van der Waals surface area (Å²) in [6, 6.07) is 5.49. The molecule has 5 aliphatic rings. The molecule has 5 unspecified atom stereocenters. The van der Waals surface area contributed by atoms with Gasteiger partial charge < -0.3 is 24.1 Å². The largest absolute Gasteiger partial charge is 0.496 e. The van der Waals surface area contributed by atoms with Crippen LogP contribution in [0.5, 0.6) is 5.75 Å². The number of methoxy groups -OCH3 is 1. The number of para-hydroxylation sites is 1. The van der Waals surface area contributed by atoms with Crippen molar-refractivity contribution in [2.24, 2.45) is 23.2 Å². The van der Waals surface area contributed by atoms with Crippen LogP contribution in [0, 0.1) is 23.2 Å². The molecule has 208 valence electrons. The molecule has 1 amide bonds. The van der Waals surface area contributed by atoms with E-state index in [1.54, 1.807) is 13.2 Å². The Kier molecular flexibility index (Phi) is 7.13. The number of carbonyl (C=O) groups excluding carboxylic acids is 2. The number of benzene rings is 1. The Hall–Kier alpha value is -2.06. The van der Waals surface area contributed by atoms with Crippen molar-refractivity contribution >= 4 is 19.0 Å². The highest BCUT2D eigenvalue weighted by Gasteiger charge is 2.68. The number of amides is 1. The Morgan fingerprint density at radius 3 is 2.50 bits per heavy atom. The zero-order chi connectivity index (χ0) is 27.5. The van der Waals surface area contributed by atoms with E-state index in [4.69, 9.17) is 18.8 Å². The van der Waals surface area contributed by atoms with Gasteiger partial charge in [-0.25, -0.2) is 4.79 Å². The second-order valence-electron chi connectivity index (χ2n) is 13.6. The predicted octanol–water partition coefficient (Wildman–Crippen LogP) is 5.14. The van der Waals surface area contributed by atoms with Gasteiger partial charge >= 0.3 is 13.1 Å². The molecule has 5 atom stereocenters. The molecule has 2 bridgehead atoms. The Morgan fingerprint density at radius 1 is 1.16 bits per heavy atom. The first-order valence-corrected chi connectivity index (χ1v) is 14.4. The summed E-state index contributed by atoms with van der Waals surface area (Å²) in [6.45, 7) is 12.4. The quantitative estimate of drug-likeness (QED) is 0.392. The number of esters is 1. The highest BCUT2D eigenvalue weighted by molar-refractivity contribution is 6.48. The van der Waals surface area contributed by atoms with E-state index in [0.717, 1.165) is 37.7 Å². The molecule has 38 heavy (non-hydrogen) atoms. The molecule has 4 aliphatic carbocycles. The molecular formula is C30H44BNO6. The molecule has 0 spiro atoms. The summed E-state index contributed by atoms with van der Waals surface area (Å²) in [7, 11) is 0.993. The molecule has 5 fully saturated rings. The van der Waals surface area contributed by atoms with Gasteiger partial charge in [-0.1, -0.05) is 38.8 Å². The first kappa shape index (κ1) is 27.5. The number of hydrogen-bond acceptors (Lipinski definition) is 6. The number of carbonyl (C=O) groups is 2. The second-order valence-corrected chi connectivity index (χ2v) is 13.6. The lowest BCUT2D eigenvalue weighted by Crippen LogP contribution is -2.65. The molecule has 6 rings (SSSR count). The minimum Gasteiger partial charge on any atom is -0.496 e. The van der Waals surface area contributed by atoms with Crippen molar-refractivity contribution in [1.82, 2.24) is 5.32 Å². The Bertz CT molecular complexity index is 1080. The van der Waals surface area contributed by atoms with Gasteiger partial charge in [-0.15, -0.1) is 0 Å². The third kappa shape index (κ3) is 4.87. The van der Waals surface area contributed by atoms with Crippen LogP contribution < -0.4 is 10.1 Å². The lowest BCUT2D eigenvalue weighted by Gasteiger charge is -2.64. The lowest BCUT2D eigenvalue weighted by atomic mass is 9.43. The maximum atomic E-state index is 13.3.